The quantitative estimate of drug-likeness (QED) is 0.788. The molecule has 0 spiro atoms. The van der Waals surface area contributed by atoms with Crippen molar-refractivity contribution in [1.82, 2.24) is 14.8 Å². The molecule has 6 nitrogen and oxygen atoms in total. The van der Waals surface area contributed by atoms with E-state index in [2.05, 4.69) is 10.3 Å². The van der Waals surface area contributed by atoms with Gasteiger partial charge in [0.1, 0.15) is 5.82 Å². The minimum atomic E-state index is -0.0728. The van der Waals surface area contributed by atoms with Gasteiger partial charge in [-0.25, -0.2) is 9.67 Å². The van der Waals surface area contributed by atoms with Crippen LogP contribution in [-0.2, 0) is 4.79 Å². The molecular formula is C20H20N4O2. The Hall–Kier alpha value is -3.15. The number of aromatic nitrogens is 3. The molecule has 26 heavy (non-hydrogen) atoms. The standard InChI is InChI=1S/C20H20N4O2/c1-12-4-7-15(8-5-12)24-20-19(13(2)23-24)16(10-17(25)22-20)14-6-9-18(26-3)21-11-14/h4-9,11,16H,10H2,1-3H3,(H,22,25)/t16-/m0/s1. The Morgan fingerprint density at radius 1 is 1.15 bits per heavy atom. The first-order chi connectivity index (χ1) is 12.6. The van der Waals surface area contributed by atoms with Gasteiger partial charge in [0, 0.05) is 30.2 Å². The van der Waals surface area contributed by atoms with Crippen LogP contribution in [0, 0.1) is 13.8 Å². The molecular weight excluding hydrogens is 328 g/mol. The first-order valence-electron chi connectivity index (χ1n) is 8.53. The van der Waals surface area contributed by atoms with E-state index in [9.17, 15) is 4.79 Å². The zero-order chi connectivity index (χ0) is 18.3. The second-order valence-corrected chi connectivity index (χ2v) is 6.53. The molecule has 1 aliphatic rings. The third-order valence-corrected chi connectivity index (χ3v) is 4.75. The minimum Gasteiger partial charge on any atom is -0.481 e. The minimum absolute atomic E-state index is 0.0217. The van der Waals surface area contributed by atoms with Crippen LogP contribution in [-0.4, -0.2) is 27.8 Å². The molecule has 1 aliphatic heterocycles. The summed E-state index contributed by atoms with van der Waals surface area (Å²) in [5.41, 5.74) is 5.03. The van der Waals surface area contributed by atoms with Gasteiger partial charge in [-0.2, -0.15) is 5.10 Å². The van der Waals surface area contributed by atoms with Gasteiger partial charge in [0.05, 0.1) is 18.5 Å². The van der Waals surface area contributed by atoms with Crippen molar-refractivity contribution in [3.63, 3.8) is 0 Å². The fourth-order valence-electron chi connectivity index (χ4n) is 3.42. The average Bonchev–Trinajstić information content (AvgIpc) is 2.98. The van der Waals surface area contributed by atoms with Crippen molar-refractivity contribution in [2.75, 3.05) is 12.4 Å². The van der Waals surface area contributed by atoms with Crippen LogP contribution in [0.3, 0.4) is 0 Å². The third-order valence-electron chi connectivity index (χ3n) is 4.75. The van der Waals surface area contributed by atoms with E-state index in [1.54, 1.807) is 13.3 Å². The number of benzene rings is 1. The number of carbonyl (C=O) groups is 1. The number of anilines is 1. The SMILES string of the molecule is COc1ccc([C@@H]2CC(=O)Nc3c2c(C)nn3-c2ccc(C)cc2)cn1. The lowest BCUT2D eigenvalue weighted by molar-refractivity contribution is -0.116. The Bertz CT molecular complexity index is 959. The highest BCUT2D eigenvalue weighted by atomic mass is 16.5. The molecule has 3 heterocycles. The normalized spacial score (nSPS) is 16.1. The Labute approximate surface area is 151 Å². The molecule has 2 aromatic heterocycles. The predicted molar refractivity (Wildman–Crippen MR) is 98.9 cm³/mol. The Balaban J connectivity index is 1.82. The number of hydrogen-bond donors (Lipinski definition) is 1. The number of amides is 1. The van der Waals surface area contributed by atoms with Crippen molar-refractivity contribution < 1.29 is 9.53 Å². The number of hydrogen-bond acceptors (Lipinski definition) is 4. The number of nitrogens with one attached hydrogen (secondary N) is 1. The van der Waals surface area contributed by atoms with Gasteiger partial charge in [-0.1, -0.05) is 23.8 Å². The topological polar surface area (TPSA) is 69.0 Å². The van der Waals surface area contributed by atoms with Crippen LogP contribution < -0.4 is 10.1 Å². The van der Waals surface area contributed by atoms with Crippen molar-refractivity contribution in [1.29, 1.82) is 0 Å². The zero-order valence-electron chi connectivity index (χ0n) is 15.0. The maximum atomic E-state index is 12.4. The monoisotopic (exact) mass is 348 g/mol. The highest BCUT2D eigenvalue weighted by Gasteiger charge is 2.32. The molecule has 1 aromatic carbocycles. The highest BCUT2D eigenvalue weighted by molar-refractivity contribution is 5.95. The Morgan fingerprint density at radius 2 is 1.92 bits per heavy atom. The van der Waals surface area contributed by atoms with Crippen LogP contribution in [0.4, 0.5) is 5.82 Å². The average molecular weight is 348 g/mol. The Kier molecular flexibility index (Phi) is 3.95. The predicted octanol–water partition coefficient (Wildman–Crippen LogP) is 3.37. The molecule has 0 aliphatic carbocycles. The largest absolute Gasteiger partial charge is 0.481 e. The fraction of sp³-hybridized carbons (Fsp3) is 0.250. The lowest BCUT2D eigenvalue weighted by Gasteiger charge is -2.24. The molecule has 0 saturated carbocycles. The van der Waals surface area contributed by atoms with E-state index >= 15 is 0 Å². The smallest absolute Gasteiger partial charge is 0.226 e. The second kappa shape index (κ2) is 6.29. The van der Waals surface area contributed by atoms with Crippen molar-refractivity contribution in [3.8, 4) is 11.6 Å². The first-order valence-corrected chi connectivity index (χ1v) is 8.53. The van der Waals surface area contributed by atoms with E-state index < -0.39 is 0 Å². The van der Waals surface area contributed by atoms with Gasteiger partial charge < -0.3 is 10.1 Å². The molecule has 1 atom stereocenters. The van der Waals surface area contributed by atoms with Gasteiger partial charge >= 0.3 is 0 Å². The number of fused-ring (bicyclic) bond motifs is 1. The van der Waals surface area contributed by atoms with E-state index in [1.165, 1.54) is 5.56 Å². The van der Waals surface area contributed by atoms with Crippen molar-refractivity contribution in [3.05, 3.63) is 65.0 Å². The molecule has 0 fully saturated rings. The van der Waals surface area contributed by atoms with Gasteiger partial charge in [-0.05, 0) is 31.5 Å². The number of rotatable bonds is 3. The molecule has 3 aromatic rings. The van der Waals surface area contributed by atoms with E-state index in [4.69, 9.17) is 9.84 Å². The summed E-state index contributed by atoms with van der Waals surface area (Å²) in [5, 5.41) is 7.69. The summed E-state index contributed by atoms with van der Waals surface area (Å²) in [5.74, 6) is 1.20. The van der Waals surface area contributed by atoms with Gasteiger partial charge in [0.15, 0.2) is 0 Å². The van der Waals surface area contributed by atoms with E-state index in [0.717, 1.165) is 28.3 Å². The summed E-state index contributed by atoms with van der Waals surface area (Å²) >= 11 is 0. The van der Waals surface area contributed by atoms with Crippen LogP contribution >= 0.6 is 0 Å². The second-order valence-electron chi connectivity index (χ2n) is 6.53. The lowest BCUT2D eigenvalue weighted by atomic mass is 9.86. The van der Waals surface area contributed by atoms with Gasteiger partial charge in [-0.15, -0.1) is 0 Å². The highest BCUT2D eigenvalue weighted by Crippen LogP contribution is 2.40. The molecule has 4 rings (SSSR count). The third kappa shape index (κ3) is 2.73. The molecule has 132 valence electrons. The number of carbonyl (C=O) groups excluding carboxylic acids is 1. The molecule has 1 amide bonds. The molecule has 0 unspecified atom stereocenters. The first kappa shape index (κ1) is 16.3. The van der Waals surface area contributed by atoms with E-state index in [1.807, 2.05) is 54.9 Å². The number of pyridine rings is 1. The summed E-state index contributed by atoms with van der Waals surface area (Å²) in [6, 6.07) is 11.9. The summed E-state index contributed by atoms with van der Waals surface area (Å²) in [7, 11) is 1.59. The van der Waals surface area contributed by atoms with Crippen LogP contribution in [0.5, 0.6) is 5.88 Å². The van der Waals surface area contributed by atoms with Crippen LogP contribution in [0.15, 0.2) is 42.6 Å². The van der Waals surface area contributed by atoms with Crippen molar-refractivity contribution in [2.24, 2.45) is 0 Å². The van der Waals surface area contributed by atoms with E-state index in [-0.39, 0.29) is 11.8 Å². The summed E-state index contributed by atoms with van der Waals surface area (Å²) < 4.78 is 6.95. The fourth-order valence-corrected chi connectivity index (χ4v) is 3.42. The molecule has 6 heteroatoms. The van der Waals surface area contributed by atoms with Gasteiger partial charge in [0.2, 0.25) is 11.8 Å². The van der Waals surface area contributed by atoms with E-state index in [0.29, 0.717) is 12.3 Å². The van der Waals surface area contributed by atoms with Crippen molar-refractivity contribution in [2.45, 2.75) is 26.2 Å². The molecule has 0 radical (unpaired) electrons. The number of methoxy groups -OCH3 is 1. The summed E-state index contributed by atoms with van der Waals surface area (Å²) in [6.07, 6.45) is 2.15. The molecule has 1 N–H and O–H groups in total. The molecule has 0 saturated heterocycles. The van der Waals surface area contributed by atoms with Crippen LogP contribution in [0.25, 0.3) is 5.69 Å². The summed E-state index contributed by atoms with van der Waals surface area (Å²) in [4.78, 5) is 16.7. The lowest BCUT2D eigenvalue weighted by Crippen LogP contribution is -2.25. The van der Waals surface area contributed by atoms with Crippen molar-refractivity contribution >= 4 is 11.7 Å². The zero-order valence-corrected chi connectivity index (χ0v) is 15.0. The maximum Gasteiger partial charge on any atom is 0.226 e. The Morgan fingerprint density at radius 3 is 2.58 bits per heavy atom. The number of nitrogens with zero attached hydrogens (tertiary/aromatic N) is 3. The summed E-state index contributed by atoms with van der Waals surface area (Å²) in [6.45, 7) is 4.02. The number of aryl methyl sites for hydroxylation is 2. The van der Waals surface area contributed by atoms with Gasteiger partial charge in [0.25, 0.3) is 0 Å². The number of ether oxygens (including phenoxy) is 1. The van der Waals surface area contributed by atoms with Crippen LogP contribution in [0.1, 0.15) is 34.7 Å². The van der Waals surface area contributed by atoms with Crippen LogP contribution in [0.2, 0.25) is 0 Å². The maximum absolute atomic E-state index is 12.4. The molecule has 0 bridgehead atoms. The van der Waals surface area contributed by atoms with Gasteiger partial charge in [-0.3, -0.25) is 4.79 Å².